The molecular weight excluding hydrogens is 578 g/mol. The van der Waals surface area contributed by atoms with E-state index in [9.17, 15) is 0 Å². The van der Waals surface area contributed by atoms with Crippen LogP contribution in [0.3, 0.4) is 0 Å². The lowest BCUT2D eigenvalue weighted by Crippen LogP contribution is -2.64. The molecule has 19 nitrogen and oxygen atoms in total. The second kappa shape index (κ2) is 9.95. The van der Waals surface area contributed by atoms with Crippen LogP contribution in [0.25, 0.3) is 11.3 Å². The maximum Gasteiger partial charge on any atom is 0.215 e. The molecule has 7 aromatic rings. The summed E-state index contributed by atoms with van der Waals surface area (Å²) in [6, 6.07) is 9.95. The highest BCUT2D eigenvalue weighted by atomic mass is 32.1. The van der Waals surface area contributed by atoms with E-state index < -0.39 is 11.7 Å². The molecule has 0 radical (unpaired) electrons. The van der Waals surface area contributed by atoms with E-state index in [2.05, 4.69) is 71.3 Å². The number of hydrogen-bond acceptors (Lipinski definition) is 18. The molecule has 8 heterocycles. The molecular formula is C23H15N17O2S. The van der Waals surface area contributed by atoms with Crippen LogP contribution in [0.4, 0.5) is 11.6 Å². The molecule has 8 rings (SSSR count). The third-order valence-electron chi connectivity index (χ3n) is 6.79. The van der Waals surface area contributed by atoms with Gasteiger partial charge in [-0.2, -0.15) is 30.8 Å². The number of aromatic amines is 2. The molecule has 0 bridgehead atoms. The van der Waals surface area contributed by atoms with E-state index in [0.717, 1.165) is 11.5 Å². The van der Waals surface area contributed by atoms with Crippen molar-refractivity contribution in [2.24, 2.45) is 0 Å². The first-order valence-electron chi connectivity index (χ1n) is 12.4. The number of aromatic nitrogens is 15. The van der Waals surface area contributed by atoms with Gasteiger partial charge in [0, 0.05) is 23.7 Å². The summed E-state index contributed by atoms with van der Waals surface area (Å²) >= 11 is 1.14. The van der Waals surface area contributed by atoms with E-state index in [4.69, 9.17) is 14.0 Å². The predicted molar refractivity (Wildman–Crippen MR) is 143 cm³/mol. The van der Waals surface area contributed by atoms with E-state index in [1.807, 2.05) is 28.0 Å². The van der Waals surface area contributed by atoms with Gasteiger partial charge in [0.25, 0.3) is 0 Å². The minimum Gasteiger partial charge on any atom is -0.363 e. The van der Waals surface area contributed by atoms with Crippen molar-refractivity contribution >= 4 is 34.4 Å². The topological polar surface area (TPSA) is 232 Å². The van der Waals surface area contributed by atoms with Gasteiger partial charge in [-0.1, -0.05) is 15.7 Å². The molecule has 2 unspecified atom stereocenters. The second-order valence-electron chi connectivity index (χ2n) is 8.91. The molecule has 0 aromatic carbocycles. The van der Waals surface area contributed by atoms with Crippen LogP contribution in [-0.4, -0.2) is 76.3 Å². The molecule has 2 atom stereocenters. The number of anilines is 2. The van der Waals surface area contributed by atoms with Gasteiger partial charge in [0.15, 0.2) is 23.6 Å². The fourth-order valence-corrected chi connectivity index (χ4v) is 5.73. The monoisotopic (exact) mass is 593 g/mol. The molecule has 0 saturated heterocycles. The van der Waals surface area contributed by atoms with Crippen LogP contribution in [0.15, 0.2) is 81.9 Å². The Morgan fingerprint density at radius 1 is 0.907 bits per heavy atom. The van der Waals surface area contributed by atoms with Crippen LogP contribution < -0.4 is 9.80 Å². The predicted octanol–water partition coefficient (Wildman–Crippen LogP) is 1.26. The Morgan fingerprint density at radius 2 is 1.91 bits per heavy atom. The van der Waals surface area contributed by atoms with Gasteiger partial charge in [0.05, 0.1) is 28.5 Å². The zero-order valence-corrected chi connectivity index (χ0v) is 22.3. The summed E-state index contributed by atoms with van der Waals surface area (Å²) < 4.78 is 15.0. The largest absolute Gasteiger partial charge is 0.363 e. The summed E-state index contributed by atoms with van der Waals surface area (Å²) in [5, 5.41) is 54.3. The minimum absolute atomic E-state index is 0.237. The lowest BCUT2D eigenvalue weighted by Gasteiger charge is -2.55. The Kier molecular flexibility index (Phi) is 5.67. The molecule has 0 amide bonds. The Labute approximate surface area is 242 Å². The summed E-state index contributed by atoms with van der Waals surface area (Å²) in [5.41, 5.74) is 1.02. The Morgan fingerprint density at radius 3 is 2.58 bits per heavy atom. The molecule has 1 aliphatic heterocycles. The van der Waals surface area contributed by atoms with Crippen LogP contribution in [0.1, 0.15) is 34.6 Å². The second-order valence-corrected chi connectivity index (χ2v) is 9.52. The van der Waals surface area contributed by atoms with E-state index in [-0.39, 0.29) is 11.5 Å². The lowest BCUT2D eigenvalue weighted by atomic mass is 9.84. The number of tetrazole rings is 1. The van der Waals surface area contributed by atoms with Crippen molar-refractivity contribution in [1.29, 1.82) is 0 Å². The van der Waals surface area contributed by atoms with Crippen molar-refractivity contribution in [2.75, 3.05) is 9.80 Å². The first kappa shape index (κ1) is 24.5. The fraction of sp³-hybridized carbons (Fsp3) is 0.0870. The van der Waals surface area contributed by atoms with E-state index in [1.54, 1.807) is 42.2 Å². The van der Waals surface area contributed by atoms with Gasteiger partial charge in [-0.25, -0.2) is 0 Å². The van der Waals surface area contributed by atoms with Crippen LogP contribution in [-0.2, 0) is 5.66 Å². The molecule has 0 spiro atoms. The average molecular weight is 594 g/mol. The van der Waals surface area contributed by atoms with Gasteiger partial charge in [0.1, 0.15) is 23.7 Å². The third-order valence-corrected chi connectivity index (χ3v) is 7.28. The van der Waals surface area contributed by atoms with Crippen LogP contribution in [0, 0.1) is 0 Å². The smallest absolute Gasteiger partial charge is 0.215 e. The van der Waals surface area contributed by atoms with Crippen LogP contribution in [0.5, 0.6) is 0 Å². The molecule has 210 valence electrons. The number of nitrogens with zero attached hydrogens (tertiary/aromatic N) is 15. The van der Waals surface area contributed by atoms with Gasteiger partial charge in [-0.15, -0.1) is 20.4 Å². The van der Waals surface area contributed by atoms with E-state index in [0.29, 0.717) is 40.0 Å². The number of nitrogens with one attached hydrogen (secondary N) is 2. The Hall–Kier alpha value is -6.31. The average Bonchev–Trinajstić information content (AvgIpc) is 3.90. The number of hydrogen-bond donors (Lipinski definition) is 2. The van der Waals surface area contributed by atoms with Gasteiger partial charge in [0.2, 0.25) is 11.5 Å². The molecule has 7 aromatic heterocycles. The maximum absolute atomic E-state index is 5.40. The molecule has 0 fully saturated rings. The molecule has 1 aliphatic rings. The zero-order valence-electron chi connectivity index (χ0n) is 21.4. The normalized spacial score (nSPS) is 18.8. The molecule has 0 saturated carbocycles. The quantitative estimate of drug-likeness (QED) is 0.265. The summed E-state index contributed by atoms with van der Waals surface area (Å²) in [5.74, 6) is 0.977. The maximum atomic E-state index is 5.40. The fourth-order valence-electron chi connectivity index (χ4n) is 5.30. The third kappa shape index (κ3) is 3.70. The first-order chi connectivity index (χ1) is 21.4. The molecule has 20 heteroatoms. The highest BCUT2D eigenvalue weighted by molar-refractivity contribution is 7.03. The van der Waals surface area contributed by atoms with E-state index >= 15 is 0 Å². The van der Waals surface area contributed by atoms with Crippen molar-refractivity contribution in [1.82, 2.24) is 76.3 Å². The van der Waals surface area contributed by atoms with Crippen molar-refractivity contribution in [2.45, 2.75) is 11.7 Å². The molecule has 2 N–H and O–H groups in total. The number of pyridine rings is 1. The SMILES string of the molecule is c1ccc(C2C(c3nn[nH]n3)=C(c3cn[nH]n3)N(c3csnn3)C(c3cccnn3)(c3conn3)N2c2ccon2)nc1. The first-order valence-corrected chi connectivity index (χ1v) is 13.3. The van der Waals surface area contributed by atoms with E-state index in [1.165, 1.54) is 12.5 Å². The van der Waals surface area contributed by atoms with Crippen molar-refractivity contribution in [3.05, 3.63) is 101 Å². The summed E-state index contributed by atoms with van der Waals surface area (Å²) in [6.45, 7) is 0. The number of rotatable bonds is 7. The summed E-state index contributed by atoms with van der Waals surface area (Å²) in [4.78, 5) is 8.47. The van der Waals surface area contributed by atoms with Crippen molar-refractivity contribution in [3.63, 3.8) is 0 Å². The highest BCUT2D eigenvalue weighted by Crippen LogP contribution is 2.57. The van der Waals surface area contributed by atoms with Crippen LogP contribution in [0.2, 0.25) is 0 Å². The van der Waals surface area contributed by atoms with Crippen molar-refractivity contribution in [3.8, 4) is 0 Å². The summed E-state index contributed by atoms with van der Waals surface area (Å²) in [6.07, 6.45) is 7.66. The van der Waals surface area contributed by atoms with Gasteiger partial charge >= 0.3 is 0 Å². The van der Waals surface area contributed by atoms with Gasteiger partial charge in [-0.3, -0.25) is 9.88 Å². The standard InChI is InChI=1S/C23H15N17O2S/c1-2-7-24-13(4-1)20-19(22-31-35-36-32-22)21(14-10-26-34-27-14)40(18-12-43-38-30-18)23(16-11-42-37-29-16,15-5-3-8-25-28-15)39(20)17-6-9-41-33-17/h1-12,20H,(H,26,27,34)(H,31,32,35,36). The molecule has 43 heavy (non-hydrogen) atoms. The van der Waals surface area contributed by atoms with Gasteiger partial charge < -0.3 is 13.9 Å². The minimum atomic E-state index is -1.59. The number of H-pyrrole nitrogens is 2. The Balaban J connectivity index is 1.63. The molecule has 0 aliphatic carbocycles. The lowest BCUT2D eigenvalue weighted by molar-refractivity contribution is 0.382. The zero-order chi connectivity index (χ0) is 28.6. The van der Waals surface area contributed by atoms with Gasteiger partial charge in [-0.05, 0) is 41.0 Å². The Bertz CT molecular complexity index is 1930. The van der Waals surface area contributed by atoms with Crippen LogP contribution >= 0.6 is 11.5 Å². The van der Waals surface area contributed by atoms with Crippen molar-refractivity contribution < 1.29 is 9.05 Å². The summed E-state index contributed by atoms with van der Waals surface area (Å²) in [7, 11) is 0. The highest BCUT2D eigenvalue weighted by Gasteiger charge is 2.61.